The zero-order valence-electron chi connectivity index (χ0n) is 15.9. The summed E-state index contributed by atoms with van der Waals surface area (Å²) in [6.45, 7) is 2.67. The lowest BCUT2D eigenvalue weighted by atomic mass is 9.77. The number of thiophene rings is 1. The van der Waals surface area contributed by atoms with E-state index >= 15 is 0 Å². The first-order valence-corrected chi connectivity index (χ1v) is 10.8. The molecule has 5 heteroatoms. The van der Waals surface area contributed by atoms with Crippen LogP contribution in [0.3, 0.4) is 0 Å². The van der Waals surface area contributed by atoms with Crippen molar-refractivity contribution in [2.75, 3.05) is 6.54 Å². The minimum atomic E-state index is -0.567. The third-order valence-corrected chi connectivity index (χ3v) is 6.71. The van der Waals surface area contributed by atoms with Gasteiger partial charge in [-0.05, 0) is 66.8 Å². The number of aliphatic hydroxyl groups excluding tert-OH is 1. The van der Waals surface area contributed by atoms with E-state index < -0.39 is 17.7 Å². The summed E-state index contributed by atoms with van der Waals surface area (Å²) < 4.78 is 26.6. The lowest BCUT2D eigenvalue weighted by molar-refractivity contribution is 0.132. The van der Waals surface area contributed by atoms with Crippen molar-refractivity contribution in [1.29, 1.82) is 0 Å². The summed E-state index contributed by atoms with van der Waals surface area (Å²) in [6, 6.07) is 5.86. The zero-order valence-corrected chi connectivity index (χ0v) is 16.8. The fraction of sp³-hybridized carbons (Fsp3) is 0.545. The maximum atomic E-state index is 13.3. The molecule has 27 heavy (non-hydrogen) atoms. The second-order valence-corrected chi connectivity index (χ2v) is 8.64. The molecular formula is C22H29F2NOS. The molecule has 0 spiro atoms. The van der Waals surface area contributed by atoms with E-state index in [0.29, 0.717) is 24.9 Å². The summed E-state index contributed by atoms with van der Waals surface area (Å²) >= 11 is 1.81. The summed E-state index contributed by atoms with van der Waals surface area (Å²) in [5.74, 6) is -1.13. The van der Waals surface area contributed by atoms with E-state index in [9.17, 15) is 13.9 Å². The van der Waals surface area contributed by atoms with Crippen LogP contribution in [0.25, 0.3) is 0 Å². The predicted molar refractivity (Wildman–Crippen MR) is 107 cm³/mol. The molecule has 2 aromatic rings. The van der Waals surface area contributed by atoms with Crippen molar-refractivity contribution in [3.63, 3.8) is 0 Å². The molecule has 0 saturated heterocycles. The molecule has 1 atom stereocenters. The number of aliphatic hydroxyl groups is 1. The van der Waals surface area contributed by atoms with Crippen molar-refractivity contribution in [2.45, 2.75) is 69.9 Å². The molecule has 1 aromatic carbocycles. The molecule has 1 heterocycles. The highest BCUT2D eigenvalue weighted by atomic mass is 32.1. The van der Waals surface area contributed by atoms with Crippen LogP contribution < -0.4 is 5.32 Å². The molecule has 148 valence electrons. The standard InChI is InChI=1S/C22H29F2NOS/c1-2-21-12-17(15-27-21)22(8-4-3-5-9-22)25-14-20(26)7-6-16-10-18(23)13-19(24)11-16/h10-13,15,20,25-26H,2-9,14H2,1H3/t20-/m0/s1. The van der Waals surface area contributed by atoms with Gasteiger partial charge >= 0.3 is 0 Å². The van der Waals surface area contributed by atoms with Crippen LogP contribution in [0.2, 0.25) is 0 Å². The van der Waals surface area contributed by atoms with Crippen molar-refractivity contribution in [3.8, 4) is 0 Å². The van der Waals surface area contributed by atoms with Crippen molar-refractivity contribution >= 4 is 11.3 Å². The number of halogens is 2. The lowest BCUT2D eigenvalue weighted by Crippen LogP contribution is -2.46. The van der Waals surface area contributed by atoms with Crippen LogP contribution in [-0.4, -0.2) is 17.8 Å². The average Bonchev–Trinajstić information content (AvgIpc) is 3.15. The van der Waals surface area contributed by atoms with Gasteiger partial charge < -0.3 is 10.4 Å². The Kier molecular flexibility index (Phi) is 7.01. The summed E-state index contributed by atoms with van der Waals surface area (Å²) in [6.07, 6.45) is 7.29. The Hall–Kier alpha value is -1.30. The summed E-state index contributed by atoms with van der Waals surface area (Å²) in [5.41, 5.74) is 1.89. The Balaban J connectivity index is 1.59. The van der Waals surface area contributed by atoms with E-state index in [1.807, 2.05) is 11.3 Å². The zero-order chi connectivity index (χ0) is 19.3. The van der Waals surface area contributed by atoms with E-state index in [1.54, 1.807) is 0 Å². The average molecular weight is 394 g/mol. The largest absolute Gasteiger partial charge is 0.392 e. The normalized spacial score (nSPS) is 17.8. The number of aryl methyl sites for hydroxylation is 2. The van der Waals surface area contributed by atoms with Crippen molar-refractivity contribution in [2.24, 2.45) is 0 Å². The highest BCUT2D eigenvalue weighted by Gasteiger charge is 2.34. The van der Waals surface area contributed by atoms with E-state index in [0.717, 1.165) is 25.3 Å². The predicted octanol–water partition coefficient (Wildman–Crippen LogP) is 5.33. The SMILES string of the molecule is CCc1cc(C2(NC[C@@H](O)CCc3cc(F)cc(F)c3)CCCCC2)cs1. The molecular weight excluding hydrogens is 364 g/mol. The first-order valence-electron chi connectivity index (χ1n) is 9.97. The summed E-state index contributed by atoms with van der Waals surface area (Å²) in [7, 11) is 0. The van der Waals surface area contributed by atoms with Crippen molar-refractivity contribution < 1.29 is 13.9 Å². The van der Waals surface area contributed by atoms with Gasteiger partial charge in [-0.1, -0.05) is 26.2 Å². The van der Waals surface area contributed by atoms with Gasteiger partial charge in [0.1, 0.15) is 11.6 Å². The Morgan fingerprint density at radius 2 is 1.81 bits per heavy atom. The van der Waals surface area contributed by atoms with Gasteiger partial charge in [-0.3, -0.25) is 0 Å². The Morgan fingerprint density at radius 1 is 1.11 bits per heavy atom. The third-order valence-electron chi connectivity index (χ3n) is 5.63. The molecule has 2 N–H and O–H groups in total. The van der Waals surface area contributed by atoms with E-state index in [2.05, 4.69) is 23.7 Å². The van der Waals surface area contributed by atoms with Gasteiger partial charge in [-0.15, -0.1) is 11.3 Å². The van der Waals surface area contributed by atoms with Crippen LogP contribution in [0.5, 0.6) is 0 Å². The van der Waals surface area contributed by atoms with E-state index in [-0.39, 0.29) is 5.54 Å². The molecule has 0 radical (unpaired) electrons. The molecule has 1 saturated carbocycles. The molecule has 0 unspecified atom stereocenters. The fourth-order valence-electron chi connectivity index (χ4n) is 4.04. The summed E-state index contributed by atoms with van der Waals surface area (Å²) in [5, 5.41) is 16.4. The third kappa shape index (κ3) is 5.37. The minimum Gasteiger partial charge on any atom is -0.392 e. The lowest BCUT2D eigenvalue weighted by Gasteiger charge is -2.39. The number of nitrogens with one attached hydrogen (secondary N) is 1. The van der Waals surface area contributed by atoms with Gasteiger partial charge in [-0.25, -0.2) is 8.78 Å². The number of hydrogen-bond acceptors (Lipinski definition) is 3. The van der Waals surface area contributed by atoms with Crippen LogP contribution in [0.15, 0.2) is 29.6 Å². The monoisotopic (exact) mass is 393 g/mol. The first kappa shape index (κ1) is 20.4. The van der Waals surface area contributed by atoms with Crippen LogP contribution in [0.1, 0.15) is 61.5 Å². The molecule has 1 fully saturated rings. The quantitative estimate of drug-likeness (QED) is 0.635. The maximum Gasteiger partial charge on any atom is 0.126 e. The number of hydrogen-bond donors (Lipinski definition) is 2. The van der Waals surface area contributed by atoms with Gasteiger partial charge in [0, 0.05) is 23.0 Å². The molecule has 1 aliphatic rings. The van der Waals surface area contributed by atoms with Gasteiger partial charge in [-0.2, -0.15) is 0 Å². The second-order valence-electron chi connectivity index (χ2n) is 7.65. The highest BCUT2D eigenvalue weighted by Crippen LogP contribution is 2.39. The van der Waals surface area contributed by atoms with Gasteiger partial charge in [0.2, 0.25) is 0 Å². The van der Waals surface area contributed by atoms with Crippen LogP contribution in [-0.2, 0) is 18.4 Å². The van der Waals surface area contributed by atoms with Gasteiger partial charge in [0.15, 0.2) is 0 Å². The van der Waals surface area contributed by atoms with Crippen LogP contribution in [0.4, 0.5) is 8.78 Å². The molecule has 1 aromatic heterocycles. The Morgan fingerprint density at radius 3 is 2.44 bits per heavy atom. The number of benzene rings is 1. The van der Waals surface area contributed by atoms with Gasteiger partial charge in [0.05, 0.1) is 6.10 Å². The second kappa shape index (κ2) is 9.26. The van der Waals surface area contributed by atoms with Crippen molar-refractivity contribution in [1.82, 2.24) is 5.32 Å². The minimum absolute atomic E-state index is 0.0475. The summed E-state index contributed by atoms with van der Waals surface area (Å²) in [4.78, 5) is 1.39. The van der Waals surface area contributed by atoms with Crippen LogP contribution in [0, 0.1) is 11.6 Å². The molecule has 0 bridgehead atoms. The molecule has 2 nitrogen and oxygen atoms in total. The maximum absolute atomic E-state index is 13.3. The van der Waals surface area contributed by atoms with Crippen molar-refractivity contribution in [3.05, 3.63) is 57.3 Å². The van der Waals surface area contributed by atoms with E-state index in [1.165, 1.54) is 41.8 Å². The smallest absolute Gasteiger partial charge is 0.126 e. The Labute approximate surface area is 164 Å². The van der Waals surface area contributed by atoms with Crippen LogP contribution >= 0.6 is 11.3 Å². The van der Waals surface area contributed by atoms with E-state index in [4.69, 9.17) is 0 Å². The number of rotatable bonds is 8. The topological polar surface area (TPSA) is 32.3 Å². The molecule has 3 rings (SSSR count). The first-order chi connectivity index (χ1) is 13.0. The fourth-order valence-corrected chi connectivity index (χ4v) is 4.98. The molecule has 0 amide bonds. The van der Waals surface area contributed by atoms with Gasteiger partial charge in [0.25, 0.3) is 0 Å². The Bertz CT molecular complexity index is 719. The molecule has 1 aliphatic carbocycles. The molecule has 0 aliphatic heterocycles. The highest BCUT2D eigenvalue weighted by molar-refractivity contribution is 7.10.